The fourth-order valence-electron chi connectivity index (χ4n) is 2.79. The molecule has 3 aromatic heterocycles. The van der Waals surface area contributed by atoms with Crippen molar-refractivity contribution in [3.8, 4) is 27.8 Å². The van der Waals surface area contributed by atoms with Crippen LogP contribution in [0.4, 0.5) is 10.1 Å². The number of ether oxygens (including phenoxy) is 2. The van der Waals surface area contributed by atoms with Crippen LogP contribution in [0.5, 0.6) is 17.4 Å². The summed E-state index contributed by atoms with van der Waals surface area (Å²) >= 11 is 1.52. The largest absolute Gasteiger partial charge is 0.478 e. The van der Waals surface area contributed by atoms with Crippen molar-refractivity contribution in [2.75, 3.05) is 12.3 Å². The summed E-state index contributed by atoms with van der Waals surface area (Å²) < 4.78 is 26.4. The normalized spacial score (nSPS) is 11.0. The van der Waals surface area contributed by atoms with E-state index >= 15 is 0 Å². The molecule has 148 valence electrons. The van der Waals surface area contributed by atoms with E-state index in [4.69, 9.17) is 15.2 Å². The minimum atomic E-state index is -0.505. The first kappa shape index (κ1) is 19.1. The average molecular weight is 409 g/mol. The van der Waals surface area contributed by atoms with Crippen molar-refractivity contribution >= 4 is 27.2 Å². The molecule has 0 spiro atoms. The third-order valence-corrected chi connectivity index (χ3v) is 5.51. The molecule has 0 fully saturated rings. The van der Waals surface area contributed by atoms with Gasteiger partial charge in [-0.25, -0.2) is 9.37 Å². The molecular formula is C22H20FN3O2S. The number of halogens is 1. The van der Waals surface area contributed by atoms with E-state index in [1.807, 2.05) is 18.2 Å². The van der Waals surface area contributed by atoms with Crippen LogP contribution < -0.4 is 15.2 Å². The van der Waals surface area contributed by atoms with Gasteiger partial charge in [-0.3, -0.25) is 4.98 Å². The van der Waals surface area contributed by atoms with Gasteiger partial charge in [0.1, 0.15) is 5.75 Å². The SMILES string of the molecule is CCCCOc1ccc(-c2cc3nccc(Oc4ccc(N)cc4F)c3s2)cn1. The van der Waals surface area contributed by atoms with Crippen LogP contribution in [0.3, 0.4) is 0 Å². The second-order valence-electron chi connectivity index (χ2n) is 6.51. The van der Waals surface area contributed by atoms with Gasteiger partial charge in [0.15, 0.2) is 11.6 Å². The van der Waals surface area contributed by atoms with Gasteiger partial charge in [0, 0.05) is 46.7 Å². The van der Waals surface area contributed by atoms with Crippen molar-refractivity contribution in [3.05, 3.63) is 60.7 Å². The first-order valence-corrected chi connectivity index (χ1v) is 10.2. The number of aromatic nitrogens is 2. The molecule has 29 heavy (non-hydrogen) atoms. The lowest BCUT2D eigenvalue weighted by Crippen LogP contribution is -1.97. The van der Waals surface area contributed by atoms with Crippen LogP contribution in [0.15, 0.2) is 54.9 Å². The highest BCUT2D eigenvalue weighted by Crippen LogP contribution is 2.39. The van der Waals surface area contributed by atoms with E-state index < -0.39 is 5.82 Å². The Bertz CT molecular complexity index is 1130. The summed E-state index contributed by atoms with van der Waals surface area (Å²) in [4.78, 5) is 9.78. The monoisotopic (exact) mass is 409 g/mol. The number of nitrogens with zero attached hydrogens (tertiary/aromatic N) is 2. The van der Waals surface area contributed by atoms with Crippen molar-refractivity contribution in [1.29, 1.82) is 0 Å². The first-order chi connectivity index (χ1) is 14.1. The quantitative estimate of drug-likeness (QED) is 0.297. The number of nitrogen functional groups attached to an aromatic ring is 1. The lowest BCUT2D eigenvalue weighted by molar-refractivity contribution is 0.298. The van der Waals surface area contributed by atoms with Crippen LogP contribution >= 0.6 is 11.3 Å². The van der Waals surface area contributed by atoms with E-state index in [1.54, 1.807) is 24.5 Å². The molecule has 0 amide bonds. The van der Waals surface area contributed by atoms with Gasteiger partial charge in [-0.05, 0) is 30.7 Å². The Hall–Kier alpha value is -3.19. The van der Waals surface area contributed by atoms with E-state index in [-0.39, 0.29) is 5.75 Å². The Morgan fingerprint density at radius 1 is 1.07 bits per heavy atom. The molecule has 4 rings (SSSR count). The molecule has 0 unspecified atom stereocenters. The lowest BCUT2D eigenvalue weighted by Gasteiger charge is -2.07. The van der Waals surface area contributed by atoms with Gasteiger partial charge in [0.25, 0.3) is 0 Å². The Morgan fingerprint density at radius 2 is 1.97 bits per heavy atom. The molecule has 0 radical (unpaired) electrons. The second kappa shape index (κ2) is 8.45. The third kappa shape index (κ3) is 4.30. The molecule has 5 nitrogen and oxygen atoms in total. The Labute approximate surface area is 171 Å². The van der Waals surface area contributed by atoms with Gasteiger partial charge in [0.2, 0.25) is 5.88 Å². The summed E-state index contributed by atoms with van der Waals surface area (Å²) in [6.45, 7) is 2.78. The van der Waals surface area contributed by atoms with Gasteiger partial charge in [-0.2, -0.15) is 0 Å². The number of nitrogens with two attached hydrogens (primary N) is 1. The van der Waals surface area contributed by atoms with E-state index in [0.717, 1.165) is 33.5 Å². The summed E-state index contributed by atoms with van der Waals surface area (Å²) in [6, 6.07) is 11.9. The molecule has 3 heterocycles. The Morgan fingerprint density at radius 3 is 2.72 bits per heavy atom. The third-order valence-electron chi connectivity index (χ3n) is 4.32. The number of hydrogen-bond acceptors (Lipinski definition) is 6. The number of rotatable bonds is 7. The zero-order valence-corrected chi connectivity index (χ0v) is 16.7. The zero-order valence-electron chi connectivity index (χ0n) is 15.9. The van der Waals surface area contributed by atoms with E-state index in [2.05, 4.69) is 16.9 Å². The number of unbranched alkanes of at least 4 members (excludes halogenated alkanes) is 1. The highest BCUT2D eigenvalue weighted by atomic mass is 32.1. The van der Waals surface area contributed by atoms with Crippen LogP contribution in [-0.4, -0.2) is 16.6 Å². The molecule has 0 aliphatic rings. The second-order valence-corrected chi connectivity index (χ2v) is 7.57. The maximum Gasteiger partial charge on any atom is 0.213 e. The first-order valence-electron chi connectivity index (χ1n) is 9.34. The highest BCUT2D eigenvalue weighted by molar-refractivity contribution is 7.22. The van der Waals surface area contributed by atoms with E-state index in [1.165, 1.54) is 23.5 Å². The van der Waals surface area contributed by atoms with Crippen LogP contribution in [0.25, 0.3) is 20.7 Å². The van der Waals surface area contributed by atoms with Crippen molar-refractivity contribution in [2.24, 2.45) is 0 Å². The molecule has 0 bridgehead atoms. The summed E-state index contributed by atoms with van der Waals surface area (Å²) in [6.07, 6.45) is 5.51. The van der Waals surface area contributed by atoms with Gasteiger partial charge in [-0.1, -0.05) is 13.3 Å². The molecular weight excluding hydrogens is 389 g/mol. The van der Waals surface area contributed by atoms with Crippen LogP contribution in [0.2, 0.25) is 0 Å². The summed E-state index contributed by atoms with van der Waals surface area (Å²) in [5.41, 5.74) is 7.69. The fraction of sp³-hybridized carbons (Fsp3) is 0.182. The molecule has 1 aromatic carbocycles. The van der Waals surface area contributed by atoms with Crippen LogP contribution in [-0.2, 0) is 0 Å². The van der Waals surface area contributed by atoms with E-state index in [0.29, 0.717) is 23.9 Å². The van der Waals surface area contributed by atoms with Crippen molar-refractivity contribution in [2.45, 2.75) is 19.8 Å². The van der Waals surface area contributed by atoms with Gasteiger partial charge >= 0.3 is 0 Å². The number of fused-ring (bicyclic) bond motifs is 1. The Balaban J connectivity index is 1.60. The number of benzene rings is 1. The van der Waals surface area contributed by atoms with Gasteiger partial charge < -0.3 is 15.2 Å². The number of thiophene rings is 1. The highest BCUT2D eigenvalue weighted by Gasteiger charge is 2.13. The number of anilines is 1. The maximum absolute atomic E-state index is 14.1. The molecule has 0 atom stereocenters. The lowest BCUT2D eigenvalue weighted by atomic mass is 10.2. The minimum Gasteiger partial charge on any atom is -0.478 e. The maximum atomic E-state index is 14.1. The molecule has 0 aliphatic carbocycles. The van der Waals surface area contributed by atoms with Crippen molar-refractivity contribution < 1.29 is 13.9 Å². The van der Waals surface area contributed by atoms with Crippen LogP contribution in [0.1, 0.15) is 19.8 Å². The zero-order chi connectivity index (χ0) is 20.2. The van der Waals surface area contributed by atoms with Crippen LogP contribution in [0, 0.1) is 5.82 Å². The minimum absolute atomic E-state index is 0.122. The molecule has 0 saturated heterocycles. The van der Waals surface area contributed by atoms with Gasteiger partial charge in [0.05, 0.1) is 16.8 Å². The molecule has 0 aliphatic heterocycles. The van der Waals surface area contributed by atoms with Crippen molar-refractivity contribution in [1.82, 2.24) is 9.97 Å². The molecule has 7 heteroatoms. The van der Waals surface area contributed by atoms with Crippen molar-refractivity contribution in [3.63, 3.8) is 0 Å². The molecule has 0 saturated carbocycles. The number of hydrogen-bond donors (Lipinski definition) is 1. The smallest absolute Gasteiger partial charge is 0.213 e. The fourth-order valence-corrected chi connectivity index (χ4v) is 3.84. The topological polar surface area (TPSA) is 70.3 Å². The predicted molar refractivity (Wildman–Crippen MR) is 114 cm³/mol. The molecule has 4 aromatic rings. The summed E-state index contributed by atoms with van der Waals surface area (Å²) in [5.74, 6) is 0.776. The predicted octanol–water partition coefficient (Wildman–Crippen LogP) is 6.05. The molecule has 2 N–H and O–H groups in total. The Kier molecular flexibility index (Phi) is 5.57. The number of pyridine rings is 2. The van der Waals surface area contributed by atoms with Gasteiger partial charge in [-0.15, -0.1) is 11.3 Å². The van der Waals surface area contributed by atoms with E-state index in [9.17, 15) is 4.39 Å². The summed E-state index contributed by atoms with van der Waals surface area (Å²) in [7, 11) is 0. The summed E-state index contributed by atoms with van der Waals surface area (Å²) in [5, 5.41) is 0. The standard InChI is InChI=1S/C22H20FN3O2S/c1-2-3-10-27-21-7-4-14(13-26-21)20-12-17-22(29-20)19(8-9-25-17)28-18-6-5-15(24)11-16(18)23/h4-9,11-13H,2-3,10,24H2,1H3. The average Bonchev–Trinajstić information content (AvgIpc) is 3.16.